The van der Waals surface area contributed by atoms with E-state index in [0.717, 1.165) is 25.5 Å². The number of carbonyl (C=O) groups is 1. The normalized spacial score (nSPS) is 10.3. The summed E-state index contributed by atoms with van der Waals surface area (Å²) in [6.45, 7) is 3.92. The predicted molar refractivity (Wildman–Crippen MR) is 76.4 cm³/mol. The van der Waals surface area contributed by atoms with Gasteiger partial charge in [-0.1, -0.05) is 6.92 Å². The number of hydrogen-bond donors (Lipinski definition) is 2. The Morgan fingerprint density at radius 2 is 2.15 bits per heavy atom. The van der Waals surface area contributed by atoms with Gasteiger partial charge in [-0.3, -0.25) is 0 Å². The molecule has 112 valence electrons. The monoisotopic (exact) mass is 284 g/mol. The first-order chi connectivity index (χ1) is 9.60. The summed E-state index contributed by atoms with van der Waals surface area (Å²) in [5.74, 6) is -1.08. The highest BCUT2D eigenvalue weighted by Crippen LogP contribution is 2.22. The Kier molecular flexibility index (Phi) is 6.79. The van der Waals surface area contributed by atoms with Gasteiger partial charge in [-0.05, 0) is 25.0 Å². The second-order valence-electron chi connectivity index (χ2n) is 4.30. The van der Waals surface area contributed by atoms with E-state index in [1.165, 1.54) is 13.2 Å². The first kappa shape index (κ1) is 16.2. The van der Waals surface area contributed by atoms with Crippen LogP contribution in [0.3, 0.4) is 0 Å². The molecule has 0 radical (unpaired) electrons. The molecule has 0 atom stereocenters. The molecule has 0 bridgehead atoms. The summed E-state index contributed by atoms with van der Waals surface area (Å²) in [4.78, 5) is 11.5. The van der Waals surface area contributed by atoms with Gasteiger partial charge < -0.3 is 20.5 Å². The minimum Gasteiger partial charge on any atom is -0.465 e. The van der Waals surface area contributed by atoms with Crippen LogP contribution in [0.5, 0.6) is 0 Å². The molecule has 0 aliphatic carbocycles. The predicted octanol–water partition coefficient (Wildman–Crippen LogP) is 2.42. The van der Waals surface area contributed by atoms with Crippen molar-refractivity contribution >= 4 is 17.3 Å². The molecule has 0 aliphatic heterocycles. The topological polar surface area (TPSA) is 73.6 Å². The minimum atomic E-state index is -0.586. The lowest BCUT2D eigenvalue weighted by Gasteiger charge is -2.11. The van der Waals surface area contributed by atoms with Crippen molar-refractivity contribution in [2.45, 2.75) is 19.8 Å². The molecule has 3 N–H and O–H groups in total. The van der Waals surface area contributed by atoms with Crippen LogP contribution >= 0.6 is 0 Å². The number of nitrogens with two attached hydrogens (primary N) is 1. The van der Waals surface area contributed by atoms with Crippen LogP contribution in [0, 0.1) is 5.82 Å². The average Bonchev–Trinajstić information content (AvgIpc) is 2.43. The quantitative estimate of drug-likeness (QED) is 0.436. The highest BCUT2D eigenvalue weighted by Gasteiger charge is 2.14. The summed E-state index contributed by atoms with van der Waals surface area (Å²) in [6.07, 6.45) is 1.72. The Labute approximate surface area is 118 Å². The third kappa shape index (κ3) is 4.70. The van der Waals surface area contributed by atoms with E-state index in [2.05, 4.69) is 10.1 Å². The first-order valence-corrected chi connectivity index (χ1v) is 6.59. The Morgan fingerprint density at radius 1 is 1.40 bits per heavy atom. The SMILES string of the molecule is CCCOCCCNc1cc(C(=O)OC)c(N)cc1F. The number of nitrogen functional groups attached to an aromatic ring is 1. The molecule has 6 heteroatoms. The zero-order chi connectivity index (χ0) is 15.0. The Hall–Kier alpha value is -1.82. The van der Waals surface area contributed by atoms with Crippen LogP contribution in [0.2, 0.25) is 0 Å². The number of nitrogens with one attached hydrogen (secondary N) is 1. The van der Waals surface area contributed by atoms with E-state index in [4.69, 9.17) is 10.5 Å². The van der Waals surface area contributed by atoms with Crippen molar-refractivity contribution in [3.63, 3.8) is 0 Å². The second kappa shape index (κ2) is 8.37. The number of benzene rings is 1. The summed E-state index contributed by atoms with van der Waals surface area (Å²) in [7, 11) is 1.25. The van der Waals surface area contributed by atoms with Crippen LogP contribution in [0.4, 0.5) is 15.8 Å². The molecule has 0 amide bonds. The van der Waals surface area contributed by atoms with Crippen molar-refractivity contribution in [3.05, 3.63) is 23.5 Å². The van der Waals surface area contributed by atoms with Crippen molar-refractivity contribution in [1.82, 2.24) is 0 Å². The van der Waals surface area contributed by atoms with E-state index in [1.807, 2.05) is 6.92 Å². The average molecular weight is 284 g/mol. The fraction of sp³-hybridized carbons (Fsp3) is 0.500. The second-order valence-corrected chi connectivity index (χ2v) is 4.30. The zero-order valence-electron chi connectivity index (χ0n) is 11.9. The smallest absolute Gasteiger partial charge is 0.340 e. The third-order valence-corrected chi connectivity index (χ3v) is 2.67. The lowest BCUT2D eigenvalue weighted by Crippen LogP contribution is -2.11. The summed E-state index contributed by atoms with van der Waals surface area (Å²) in [5.41, 5.74) is 6.03. The maximum absolute atomic E-state index is 13.7. The summed E-state index contributed by atoms with van der Waals surface area (Å²) in [5, 5.41) is 2.92. The highest BCUT2D eigenvalue weighted by atomic mass is 19.1. The Bertz CT molecular complexity index is 452. The van der Waals surface area contributed by atoms with Crippen LogP contribution < -0.4 is 11.1 Å². The largest absolute Gasteiger partial charge is 0.465 e. The Balaban J connectivity index is 2.59. The highest BCUT2D eigenvalue weighted by molar-refractivity contribution is 5.96. The first-order valence-electron chi connectivity index (χ1n) is 6.59. The number of ether oxygens (including phenoxy) is 2. The number of halogens is 1. The fourth-order valence-corrected chi connectivity index (χ4v) is 1.65. The van der Waals surface area contributed by atoms with Crippen molar-refractivity contribution in [2.24, 2.45) is 0 Å². The zero-order valence-corrected chi connectivity index (χ0v) is 11.9. The van der Waals surface area contributed by atoms with Crippen molar-refractivity contribution in [3.8, 4) is 0 Å². The van der Waals surface area contributed by atoms with Crippen LogP contribution in [0.15, 0.2) is 12.1 Å². The van der Waals surface area contributed by atoms with Gasteiger partial charge in [-0.25, -0.2) is 9.18 Å². The molecular weight excluding hydrogens is 263 g/mol. The van der Waals surface area contributed by atoms with Crippen LogP contribution in [-0.4, -0.2) is 32.8 Å². The van der Waals surface area contributed by atoms with E-state index in [0.29, 0.717) is 13.2 Å². The van der Waals surface area contributed by atoms with Crippen molar-refractivity contribution in [1.29, 1.82) is 0 Å². The molecule has 0 spiro atoms. The standard InChI is InChI=1S/C14H21FN2O3/c1-3-6-20-7-4-5-17-13-8-10(14(18)19-2)12(16)9-11(13)15/h8-9,17H,3-7,16H2,1-2H3. The molecule has 1 aromatic rings. The number of esters is 1. The molecule has 0 heterocycles. The Morgan fingerprint density at radius 3 is 2.80 bits per heavy atom. The van der Waals surface area contributed by atoms with Gasteiger partial charge >= 0.3 is 5.97 Å². The molecule has 5 nitrogen and oxygen atoms in total. The van der Waals surface area contributed by atoms with E-state index < -0.39 is 11.8 Å². The van der Waals surface area contributed by atoms with Gasteiger partial charge in [0.05, 0.1) is 18.4 Å². The molecule has 0 saturated carbocycles. The number of hydrogen-bond acceptors (Lipinski definition) is 5. The molecule has 1 rings (SSSR count). The van der Waals surface area contributed by atoms with E-state index in [-0.39, 0.29) is 16.9 Å². The molecule has 0 unspecified atom stereocenters. The van der Waals surface area contributed by atoms with Crippen molar-refractivity contribution < 1.29 is 18.7 Å². The van der Waals surface area contributed by atoms with E-state index in [9.17, 15) is 9.18 Å². The molecule has 0 saturated heterocycles. The minimum absolute atomic E-state index is 0.0613. The van der Waals surface area contributed by atoms with Crippen LogP contribution in [0.1, 0.15) is 30.1 Å². The van der Waals surface area contributed by atoms with E-state index in [1.54, 1.807) is 0 Å². The van der Waals surface area contributed by atoms with Crippen LogP contribution in [-0.2, 0) is 9.47 Å². The van der Waals surface area contributed by atoms with Gasteiger partial charge in [-0.2, -0.15) is 0 Å². The number of methoxy groups -OCH3 is 1. The van der Waals surface area contributed by atoms with Gasteiger partial charge in [0.15, 0.2) is 0 Å². The summed E-state index contributed by atoms with van der Waals surface area (Å²) >= 11 is 0. The molecule has 0 aliphatic rings. The van der Waals surface area contributed by atoms with Crippen LogP contribution in [0.25, 0.3) is 0 Å². The van der Waals surface area contributed by atoms with Gasteiger partial charge in [0.2, 0.25) is 0 Å². The molecule has 1 aromatic carbocycles. The van der Waals surface area contributed by atoms with Gasteiger partial charge in [-0.15, -0.1) is 0 Å². The molecular formula is C14H21FN2O3. The van der Waals surface area contributed by atoms with E-state index >= 15 is 0 Å². The lowest BCUT2D eigenvalue weighted by molar-refractivity contribution is 0.0602. The fourth-order valence-electron chi connectivity index (χ4n) is 1.65. The lowest BCUT2D eigenvalue weighted by atomic mass is 10.1. The summed E-state index contributed by atoms with van der Waals surface area (Å²) in [6, 6.07) is 2.48. The van der Waals surface area contributed by atoms with Gasteiger partial charge in [0.25, 0.3) is 0 Å². The summed E-state index contributed by atoms with van der Waals surface area (Å²) < 4.78 is 23.6. The number of rotatable bonds is 8. The van der Waals surface area contributed by atoms with Gasteiger partial charge in [0.1, 0.15) is 5.82 Å². The third-order valence-electron chi connectivity index (χ3n) is 2.67. The van der Waals surface area contributed by atoms with Gasteiger partial charge in [0, 0.05) is 25.4 Å². The number of carbonyl (C=O) groups excluding carboxylic acids is 1. The molecule has 0 aromatic heterocycles. The maximum Gasteiger partial charge on any atom is 0.340 e. The van der Waals surface area contributed by atoms with Crippen molar-refractivity contribution in [2.75, 3.05) is 37.9 Å². The molecule has 20 heavy (non-hydrogen) atoms. The maximum atomic E-state index is 13.7. The number of anilines is 2. The molecule has 0 fully saturated rings.